The maximum Gasteiger partial charge on any atom is 0.306 e. The average molecular weight is 751 g/mol. The second-order valence-corrected chi connectivity index (χ2v) is 20.1. The van der Waals surface area contributed by atoms with Gasteiger partial charge in [0, 0.05) is 18.3 Å². The first-order chi connectivity index (χ1) is 26.1. The van der Waals surface area contributed by atoms with Crippen LogP contribution in [-0.2, 0) is 9.53 Å². The predicted octanol–water partition coefficient (Wildman–Crippen LogP) is 15.1. The normalized spacial score (nSPS) is 31.9. The molecule has 54 heavy (non-hydrogen) atoms. The van der Waals surface area contributed by atoms with Crippen LogP contribution >= 0.6 is 0 Å². The molecule has 0 saturated heterocycles. The molecule has 0 radical (unpaired) electrons. The van der Waals surface area contributed by atoms with Crippen LogP contribution in [0, 0.1) is 52.3 Å². The Morgan fingerprint density at radius 1 is 0.778 bits per heavy atom. The van der Waals surface area contributed by atoms with E-state index in [9.17, 15) is 9.90 Å². The van der Waals surface area contributed by atoms with Crippen molar-refractivity contribution < 1.29 is 14.6 Å². The molecule has 0 aromatic rings. The highest BCUT2D eigenvalue weighted by molar-refractivity contribution is 5.69. The second kappa shape index (κ2) is 23.3. The van der Waals surface area contributed by atoms with E-state index in [-0.39, 0.29) is 17.5 Å². The van der Waals surface area contributed by atoms with Gasteiger partial charge in [0.25, 0.3) is 0 Å². The van der Waals surface area contributed by atoms with E-state index in [4.69, 9.17) is 4.74 Å². The van der Waals surface area contributed by atoms with Gasteiger partial charge in [0.1, 0.15) is 6.10 Å². The number of aliphatic hydroxyl groups is 1. The Morgan fingerprint density at radius 2 is 1.33 bits per heavy atom. The van der Waals surface area contributed by atoms with Crippen LogP contribution in [0.25, 0.3) is 0 Å². The van der Waals surface area contributed by atoms with E-state index in [1.54, 1.807) is 0 Å². The summed E-state index contributed by atoms with van der Waals surface area (Å²) in [5, 5.41) is 11.0. The number of allylic oxidation sites excluding steroid dienone is 3. The molecular formula is C51H90O3. The van der Waals surface area contributed by atoms with E-state index >= 15 is 0 Å². The van der Waals surface area contributed by atoms with Crippen LogP contribution in [0.3, 0.4) is 0 Å². The fraction of sp³-hybridized carbons (Fsp3) is 0.902. The molecular weight excluding hydrogens is 661 g/mol. The van der Waals surface area contributed by atoms with Gasteiger partial charge >= 0.3 is 5.97 Å². The minimum Gasteiger partial charge on any atom is -0.461 e. The monoisotopic (exact) mass is 751 g/mol. The lowest BCUT2D eigenvalue weighted by molar-refractivity contribution is -0.169. The third-order valence-corrected chi connectivity index (χ3v) is 16.1. The van der Waals surface area contributed by atoms with Crippen LogP contribution in [0.4, 0.5) is 0 Å². The van der Waals surface area contributed by atoms with Crippen molar-refractivity contribution in [2.24, 2.45) is 52.3 Å². The summed E-state index contributed by atoms with van der Waals surface area (Å²) >= 11 is 0. The SMILES string of the molecule is CCCCCCCCCCCCCCCCCCCCCC(=O)OC1C[C@@H](O)CC2=CC[C@H]3[C@@H]4CC[C@H]([C@H](C)/C=C/[C@H](CC)C(C)C)[C@@]4(C)CC[C@@H]3[C@]21C. The third-order valence-electron chi connectivity index (χ3n) is 16.1. The van der Waals surface area contributed by atoms with Crippen molar-refractivity contribution in [3.8, 4) is 0 Å². The Hall–Kier alpha value is -1.09. The molecule has 3 fully saturated rings. The van der Waals surface area contributed by atoms with Gasteiger partial charge in [-0.3, -0.25) is 4.79 Å². The van der Waals surface area contributed by atoms with Gasteiger partial charge in [0.05, 0.1) is 6.10 Å². The van der Waals surface area contributed by atoms with Crippen molar-refractivity contribution in [2.75, 3.05) is 0 Å². The molecule has 3 saturated carbocycles. The van der Waals surface area contributed by atoms with E-state index in [0.29, 0.717) is 47.8 Å². The van der Waals surface area contributed by atoms with Gasteiger partial charge in [-0.2, -0.15) is 0 Å². The Labute approximate surface area is 336 Å². The lowest BCUT2D eigenvalue weighted by Gasteiger charge is -2.60. The largest absolute Gasteiger partial charge is 0.461 e. The fourth-order valence-electron chi connectivity index (χ4n) is 12.6. The zero-order chi connectivity index (χ0) is 39.0. The molecule has 4 rings (SSSR count). The molecule has 0 heterocycles. The maximum atomic E-state index is 13.4. The zero-order valence-corrected chi connectivity index (χ0v) is 37.0. The van der Waals surface area contributed by atoms with Crippen LogP contribution < -0.4 is 0 Å². The number of fused-ring (bicyclic) bond motifs is 5. The third kappa shape index (κ3) is 12.5. The zero-order valence-electron chi connectivity index (χ0n) is 37.0. The molecule has 0 aromatic heterocycles. The topological polar surface area (TPSA) is 46.5 Å². The molecule has 0 aromatic carbocycles. The molecule has 3 heteroatoms. The summed E-state index contributed by atoms with van der Waals surface area (Å²) in [5.74, 6) is 4.68. The quantitative estimate of drug-likeness (QED) is 0.0544. The van der Waals surface area contributed by atoms with Crippen LogP contribution in [0.5, 0.6) is 0 Å². The van der Waals surface area contributed by atoms with E-state index in [1.165, 1.54) is 147 Å². The predicted molar refractivity (Wildman–Crippen MR) is 231 cm³/mol. The summed E-state index contributed by atoms with van der Waals surface area (Å²) in [6.45, 7) is 16.9. The van der Waals surface area contributed by atoms with Gasteiger partial charge in [0.15, 0.2) is 0 Å². The van der Waals surface area contributed by atoms with Gasteiger partial charge in [-0.25, -0.2) is 0 Å². The summed E-state index contributed by atoms with van der Waals surface area (Å²) in [5.41, 5.74) is 1.64. The molecule has 1 unspecified atom stereocenters. The molecule has 1 N–H and O–H groups in total. The number of carbonyl (C=O) groups excluding carboxylic acids is 1. The molecule has 0 amide bonds. The van der Waals surface area contributed by atoms with Crippen molar-refractivity contribution >= 4 is 5.97 Å². The molecule has 3 nitrogen and oxygen atoms in total. The first-order valence-corrected chi connectivity index (χ1v) is 24.3. The van der Waals surface area contributed by atoms with Crippen LogP contribution in [0.2, 0.25) is 0 Å². The number of ether oxygens (including phenoxy) is 1. The Kier molecular flexibility index (Phi) is 19.7. The molecule has 0 bridgehead atoms. The molecule has 10 atom stereocenters. The minimum absolute atomic E-state index is 0.0299. The van der Waals surface area contributed by atoms with Crippen LogP contribution in [-0.4, -0.2) is 23.3 Å². The number of carbonyl (C=O) groups is 1. The number of unbranched alkanes of at least 4 members (excludes halogenated alkanes) is 18. The lowest BCUT2D eigenvalue weighted by Crippen LogP contribution is -2.56. The van der Waals surface area contributed by atoms with Crippen molar-refractivity contribution in [3.05, 3.63) is 23.8 Å². The standard InChI is InChI=1S/C51H90O3/c1-8-10-11-12-13-14-15-16-17-18-19-20-21-22-23-24-25-26-27-28-49(53)54-48-38-43(52)37-42-31-32-44-46-34-33-45(40(5)29-30-41(9-2)39(3)4)50(46,6)36-35-47(44)51(42,48)7/h29-31,39-41,43-48,52H,8-28,32-38H2,1-7H3/b30-29+/t40-,41+,43+,44+,45-,46+,47+,48?,50-,51+/m1/s1. The van der Waals surface area contributed by atoms with E-state index < -0.39 is 6.10 Å². The van der Waals surface area contributed by atoms with Gasteiger partial charge in [-0.1, -0.05) is 188 Å². The van der Waals surface area contributed by atoms with Gasteiger partial charge in [-0.15, -0.1) is 0 Å². The van der Waals surface area contributed by atoms with Gasteiger partial charge in [0.2, 0.25) is 0 Å². The van der Waals surface area contributed by atoms with E-state index in [2.05, 4.69) is 66.7 Å². The van der Waals surface area contributed by atoms with E-state index in [1.807, 2.05) is 0 Å². The highest BCUT2D eigenvalue weighted by Gasteiger charge is 2.61. The van der Waals surface area contributed by atoms with Gasteiger partial charge in [-0.05, 0) is 98.2 Å². The maximum absolute atomic E-state index is 13.4. The number of aliphatic hydroxyl groups excluding tert-OH is 1. The van der Waals surface area contributed by atoms with Gasteiger partial charge < -0.3 is 9.84 Å². The summed E-state index contributed by atoms with van der Waals surface area (Å²) in [6, 6.07) is 0. The Bertz CT molecular complexity index is 1120. The Morgan fingerprint density at radius 3 is 1.87 bits per heavy atom. The van der Waals surface area contributed by atoms with Crippen molar-refractivity contribution in [1.82, 2.24) is 0 Å². The number of hydrogen-bond acceptors (Lipinski definition) is 3. The second-order valence-electron chi connectivity index (χ2n) is 20.1. The highest BCUT2D eigenvalue weighted by Crippen LogP contribution is 2.67. The first kappa shape index (κ1) is 45.6. The molecule has 0 spiro atoms. The summed E-state index contributed by atoms with van der Waals surface area (Å²) in [4.78, 5) is 13.4. The fourth-order valence-corrected chi connectivity index (χ4v) is 12.6. The molecule has 4 aliphatic rings. The number of esters is 1. The lowest BCUT2D eigenvalue weighted by atomic mass is 9.46. The minimum atomic E-state index is -0.399. The first-order valence-electron chi connectivity index (χ1n) is 24.3. The van der Waals surface area contributed by atoms with Crippen molar-refractivity contribution in [2.45, 2.75) is 240 Å². The number of rotatable bonds is 26. The average Bonchev–Trinajstić information content (AvgIpc) is 3.50. The number of hydrogen-bond donors (Lipinski definition) is 1. The van der Waals surface area contributed by atoms with Crippen molar-refractivity contribution in [1.29, 1.82) is 0 Å². The Balaban J connectivity index is 1.14. The molecule has 0 aliphatic heterocycles. The summed E-state index contributed by atoms with van der Waals surface area (Å²) in [6.07, 6.45) is 42.3. The summed E-state index contributed by atoms with van der Waals surface area (Å²) in [7, 11) is 0. The highest BCUT2D eigenvalue weighted by atomic mass is 16.5. The smallest absolute Gasteiger partial charge is 0.306 e. The van der Waals surface area contributed by atoms with Crippen LogP contribution in [0.15, 0.2) is 23.8 Å². The van der Waals surface area contributed by atoms with Crippen molar-refractivity contribution in [3.63, 3.8) is 0 Å². The summed E-state index contributed by atoms with van der Waals surface area (Å²) < 4.78 is 6.45. The van der Waals surface area contributed by atoms with Crippen LogP contribution in [0.1, 0.15) is 228 Å². The van der Waals surface area contributed by atoms with E-state index in [0.717, 1.165) is 37.5 Å². The molecule has 4 aliphatic carbocycles. The molecule has 312 valence electrons.